The van der Waals surface area contributed by atoms with Gasteiger partial charge in [0.15, 0.2) is 0 Å². The van der Waals surface area contributed by atoms with E-state index in [9.17, 15) is 9.59 Å². The number of hydrogen-bond donors (Lipinski definition) is 1. The topological polar surface area (TPSA) is 60.9 Å². The SMILES string of the molecule is CCN(CC)C(=O)C(C)N(CCCC(=O)O)C(C)C. The summed E-state index contributed by atoms with van der Waals surface area (Å²) in [7, 11) is 0. The minimum absolute atomic E-state index is 0.119. The average Bonchev–Trinajstić information content (AvgIpc) is 2.34. The summed E-state index contributed by atoms with van der Waals surface area (Å²) in [6.07, 6.45) is 0.721. The van der Waals surface area contributed by atoms with E-state index in [4.69, 9.17) is 5.11 Å². The van der Waals surface area contributed by atoms with E-state index < -0.39 is 5.97 Å². The van der Waals surface area contributed by atoms with E-state index >= 15 is 0 Å². The second-order valence-corrected chi connectivity index (χ2v) is 5.02. The Morgan fingerprint density at radius 3 is 2.00 bits per heavy atom. The van der Waals surface area contributed by atoms with Gasteiger partial charge in [-0.15, -0.1) is 0 Å². The molecule has 0 spiro atoms. The molecule has 0 saturated heterocycles. The summed E-state index contributed by atoms with van der Waals surface area (Å²) in [5.74, 6) is -0.666. The van der Waals surface area contributed by atoms with Gasteiger partial charge in [-0.1, -0.05) is 0 Å². The van der Waals surface area contributed by atoms with Crippen molar-refractivity contribution in [3.63, 3.8) is 0 Å². The average molecular weight is 272 g/mol. The van der Waals surface area contributed by atoms with Gasteiger partial charge in [-0.25, -0.2) is 0 Å². The maximum Gasteiger partial charge on any atom is 0.303 e. The van der Waals surface area contributed by atoms with Crippen molar-refractivity contribution >= 4 is 11.9 Å². The van der Waals surface area contributed by atoms with Crippen molar-refractivity contribution in [2.75, 3.05) is 19.6 Å². The Labute approximate surface area is 116 Å². The molecule has 0 aromatic heterocycles. The van der Waals surface area contributed by atoms with Gasteiger partial charge < -0.3 is 10.0 Å². The first-order valence-electron chi connectivity index (χ1n) is 7.11. The molecule has 0 aliphatic carbocycles. The molecule has 0 saturated carbocycles. The van der Waals surface area contributed by atoms with Crippen molar-refractivity contribution in [2.45, 2.75) is 59.5 Å². The van der Waals surface area contributed by atoms with Crippen molar-refractivity contribution in [1.29, 1.82) is 0 Å². The van der Waals surface area contributed by atoms with Gasteiger partial charge in [0.05, 0.1) is 6.04 Å². The number of hydrogen-bond acceptors (Lipinski definition) is 3. The molecule has 0 heterocycles. The van der Waals surface area contributed by atoms with Gasteiger partial charge in [-0.2, -0.15) is 0 Å². The van der Waals surface area contributed by atoms with E-state index in [0.717, 1.165) is 0 Å². The molecule has 19 heavy (non-hydrogen) atoms. The minimum atomic E-state index is -0.786. The van der Waals surface area contributed by atoms with Crippen molar-refractivity contribution < 1.29 is 14.7 Å². The molecule has 1 amide bonds. The fourth-order valence-electron chi connectivity index (χ4n) is 2.25. The highest BCUT2D eigenvalue weighted by Gasteiger charge is 2.26. The number of rotatable bonds is 9. The standard InChI is InChI=1S/C14H28N2O3/c1-6-15(7-2)14(19)12(5)16(11(3)4)10-8-9-13(17)18/h11-12H,6-10H2,1-5H3,(H,17,18). The number of aliphatic carboxylic acids is 1. The van der Waals surface area contributed by atoms with Gasteiger partial charge in [0.25, 0.3) is 0 Å². The van der Waals surface area contributed by atoms with Gasteiger partial charge in [0.2, 0.25) is 5.91 Å². The lowest BCUT2D eigenvalue weighted by molar-refractivity contribution is -0.137. The third-order valence-electron chi connectivity index (χ3n) is 3.40. The molecule has 1 N–H and O–H groups in total. The highest BCUT2D eigenvalue weighted by Crippen LogP contribution is 2.10. The lowest BCUT2D eigenvalue weighted by Gasteiger charge is -2.34. The number of carbonyl (C=O) groups excluding carboxylic acids is 1. The minimum Gasteiger partial charge on any atom is -0.481 e. The van der Waals surface area contributed by atoms with Crippen LogP contribution in [-0.4, -0.2) is 58.5 Å². The summed E-state index contributed by atoms with van der Waals surface area (Å²) in [4.78, 5) is 26.8. The van der Waals surface area contributed by atoms with E-state index in [0.29, 0.717) is 26.1 Å². The van der Waals surface area contributed by atoms with Crippen LogP contribution in [-0.2, 0) is 9.59 Å². The second kappa shape index (κ2) is 8.91. The number of likely N-dealkylation sites (N-methyl/N-ethyl adjacent to an activating group) is 1. The largest absolute Gasteiger partial charge is 0.481 e. The molecule has 0 bridgehead atoms. The Balaban J connectivity index is 4.59. The normalized spacial score (nSPS) is 12.8. The Bertz CT molecular complexity index is 288. The molecule has 0 aromatic carbocycles. The molecule has 0 rings (SSSR count). The number of amides is 1. The highest BCUT2D eigenvalue weighted by atomic mass is 16.4. The molecule has 0 aliphatic heterocycles. The Morgan fingerprint density at radius 2 is 1.63 bits per heavy atom. The zero-order chi connectivity index (χ0) is 15.0. The number of carbonyl (C=O) groups is 2. The van der Waals surface area contributed by atoms with E-state index in [1.807, 2.05) is 39.5 Å². The molecular formula is C14H28N2O3. The molecule has 0 aromatic rings. The molecule has 0 aliphatic rings. The van der Waals surface area contributed by atoms with Crippen LogP contribution in [0.3, 0.4) is 0 Å². The maximum absolute atomic E-state index is 12.3. The zero-order valence-electron chi connectivity index (χ0n) is 12.8. The van der Waals surface area contributed by atoms with Crippen LogP contribution in [0, 0.1) is 0 Å². The molecule has 1 unspecified atom stereocenters. The quantitative estimate of drug-likeness (QED) is 0.695. The summed E-state index contributed by atoms with van der Waals surface area (Å²) >= 11 is 0. The van der Waals surface area contributed by atoms with Crippen LogP contribution >= 0.6 is 0 Å². The fourth-order valence-corrected chi connectivity index (χ4v) is 2.25. The Kier molecular flexibility index (Phi) is 8.39. The third kappa shape index (κ3) is 6.05. The van der Waals surface area contributed by atoms with Gasteiger partial charge >= 0.3 is 5.97 Å². The lowest BCUT2D eigenvalue weighted by Crippen LogP contribution is -2.50. The van der Waals surface area contributed by atoms with Crippen molar-refractivity contribution in [1.82, 2.24) is 9.80 Å². The predicted octanol–water partition coefficient (Wildman–Crippen LogP) is 1.82. The van der Waals surface area contributed by atoms with E-state index in [2.05, 4.69) is 4.90 Å². The third-order valence-corrected chi connectivity index (χ3v) is 3.40. The first-order chi connectivity index (χ1) is 8.84. The first-order valence-corrected chi connectivity index (χ1v) is 7.11. The first kappa shape index (κ1) is 17.9. The highest BCUT2D eigenvalue weighted by molar-refractivity contribution is 5.81. The molecule has 112 valence electrons. The summed E-state index contributed by atoms with van der Waals surface area (Å²) in [5.41, 5.74) is 0. The summed E-state index contributed by atoms with van der Waals surface area (Å²) < 4.78 is 0. The Morgan fingerprint density at radius 1 is 1.11 bits per heavy atom. The summed E-state index contributed by atoms with van der Waals surface area (Å²) in [5, 5.41) is 8.68. The Hall–Kier alpha value is -1.10. The molecule has 0 radical (unpaired) electrons. The van der Waals surface area contributed by atoms with Crippen molar-refractivity contribution in [3.05, 3.63) is 0 Å². The van der Waals surface area contributed by atoms with Crippen LogP contribution in [0.1, 0.15) is 47.5 Å². The molecule has 5 nitrogen and oxygen atoms in total. The number of carboxylic acids is 1. The monoisotopic (exact) mass is 272 g/mol. The van der Waals surface area contributed by atoms with Crippen LogP contribution in [0.15, 0.2) is 0 Å². The van der Waals surface area contributed by atoms with Gasteiger partial charge in [-0.3, -0.25) is 14.5 Å². The van der Waals surface area contributed by atoms with Crippen molar-refractivity contribution in [2.24, 2.45) is 0 Å². The van der Waals surface area contributed by atoms with E-state index in [-0.39, 0.29) is 24.4 Å². The number of carboxylic acid groups (broad SMARTS) is 1. The lowest BCUT2D eigenvalue weighted by atomic mass is 10.1. The summed E-state index contributed by atoms with van der Waals surface area (Å²) in [6, 6.07) is 0.0250. The van der Waals surface area contributed by atoms with Gasteiger partial charge in [0, 0.05) is 25.6 Å². The zero-order valence-corrected chi connectivity index (χ0v) is 12.8. The van der Waals surface area contributed by atoms with Gasteiger partial charge in [0.1, 0.15) is 0 Å². The van der Waals surface area contributed by atoms with Crippen molar-refractivity contribution in [3.8, 4) is 0 Å². The smallest absolute Gasteiger partial charge is 0.303 e. The van der Waals surface area contributed by atoms with Crippen LogP contribution in [0.25, 0.3) is 0 Å². The van der Waals surface area contributed by atoms with Crippen LogP contribution < -0.4 is 0 Å². The molecule has 0 fully saturated rings. The maximum atomic E-state index is 12.3. The fraction of sp³-hybridized carbons (Fsp3) is 0.857. The molecule has 1 atom stereocenters. The molecule has 5 heteroatoms. The predicted molar refractivity (Wildman–Crippen MR) is 76.1 cm³/mol. The van der Waals surface area contributed by atoms with E-state index in [1.165, 1.54) is 0 Å². The van der Waals surface area contributed by atoms with E-state index in [1.54, 1.807) is 0 Å². The van der Waals surface area contributed by atoms with Gasteiger partial charge in [-0.05, 0) is 47.6 Å². The van der Waals surface area contributed by atoms with Crippen LogP contribution in [0.2, 0.25) is 0 Å². The van der Waals surface area contributed by atoms with Crippen LogP contribution in [0.4, 0.5) is 0 Å². The second-order valence-electron chi connectivity index (χ2n) is 5.02. The number of nitrogens with zero attached hydrogens (tertiary/aromatic N) is 2. The summed E-state index contributed by atoms with van der Waals surface area (Å²) in [6.45, 7) is 12.0. The molecular weight excluding hydrogens is 244 g/mol. The van der Waals surface area contributed by atoms with Crippen LogP contribution in [0.5, 0.6) is 0 Å².